The number of carbonyl (C=O) groups is 1. The predicted molar refractivity (Wildman–Crippen MR) is 136 cm³/mol. The van der Waals surface area contributed by atoms with Gasteiger partial charge < -0.3 is 14.2 Å². The minimum atomic E-state index is -0.450. The summed E-state index contributed by atoms with van der Waals surface area (Å²) >= 11 is 18.4. The number of hydrogen-bond acceptors (Lipinski definition) is 4. The van der Waals surface area contributed by atoms with E-state index in [1.807, 2.05) is 26.0 Å². The van der Waals surface area contributed by atoms with E-state index in [0.717, 1.165) is 22.2 Å². The van der Waals surface area contributed by atoms with Crippen LogP contribution in [0.2, 0.25) is 15.1 Å². The van der Waals surface area contributed by atoms with E-state index in [-0.39, 0.29) is 5.76 Å². The number of furan rings is 1. The molecule has 0 radical (unpaired) electrons. The van der Waals surface area contributed by atoms with E-state index in [2.05, 4.69) is 10.3 Å². The van der Waals surface area contributed by atoms with Crippen molar-refractivity contribution in [3.05, 3.63) is 92.6 Å². The van der Waals surface area contributed by atoms with Crippen LogP contribution in [0.1, 0.15) is 21.7 Å². The van der Waals surface area contributed by atoms with E-state index in [1.165, 1.54) is 0 Å². The predicted octanol–water partition coefficient (Wildman–Crippen LogP) is 8.58. The molecule has 2 aromatic heterocycles. The maximum Gasteiger partial charge on any atom is 0.291 e. The molecule has 0 fully saturated rings. The molecule has 1 N–H and O–H groups in total. The first kappa shape index (κ1) is 22.5. The SMILES string of the molecule is Cc1cc(C)c2oc(-c3ccc(Cl)c(NC(=O)c4ccc(-c5ccc(Cl)c(Cl)c5)o4)c3)nc2c1. The molecule has 0 atom stereocenters. The molecule has 34 heavy (non-hydrogen) atoms. The Morgan fingerprint density at radius 2 is 1.59 bits per heavy atom. The molecule has 3 aromatic carbocycles. The van der Waals surface area contributed by atoms with Crippen LogP contribution in [-0.2, 0) is 0 Å². The number of aryl methyl sites for hydroxylation is 2. The fraction of sp³-hybridized carbons (Fsp3) is 0.0769. The molecule has 5 aromatic rings. The van der Waals surface area contributed by atoms with Gasteiger partial charge in [-0.15, -0.1) is 0 Å². The van der Waals surface area contributed by atoms with E-state index in [0.29, 0.717) is 43.5 Å². The van der Waals surface area contributed by atoms with E-state index in [9.17, 15) is 4.79 Å². The highest BCUT2D eigenvalue weighted by molar-refractivity contribution is 6.42. The third-order valence-electron chi connectivity index (χ3n) is 5.32. The molecule has 170 valence electrons. The summed E-state index contributed by atoms with van der Waals surface area (Å²) in [4.78, 5) is 17.5. The molecule has 0 spiro atoms. The van der Waals surface area contributed by atoms with Crippen molar-refractivity contribution >= 4 is 57.5 Å². The summed E-state index contributed by atoms with van der Waals surface area (Å²) in [6, 6.07) is 17.6. The lowest BCUT2D eigenvalue weighted by Crippen LogP contribution is -2.11. The van der Waals surface area contributed by atoms with Crippen molar-refractivity contribution in [2.75, 3.05) is 5.32 Å². The fourth-order valence-corrected chi connectivity index (χ4v) is 4.17. The van der Waals surface area contributed by atoms with E-state index in [4.69, 9.17) is 43.6 Å². The molecule has 0 saturated carbocycles. The zero-order valence-corrected chi connectivity index (χ0v) is 20.3. The molecule has 0 bridgehead atoms. The number of amides is 1. The lowest BCUT2D eigenvalue weighted by Gasteiger charge is -2.07. The summed E-state index contributed by atoms with van der Waals surface area (Å²) in [5, 5.41) is 4.00. The van der Waals surface area contributed by atoms with Gasteiger partial charge in [-0.1, -0.05) is 40.9 Å². The first-order valence-electron chi connectivity index (χ1n) is 10.3. The van der Waals surface area contributed by atoms with Gasteiger partial charge in [0.25, 0.3) is 5.91 Å². The quantitative estimate of drug-likeness (QED) is 0.262. The molecule has 0 aliphatic rings. The van der Waals surface area contributed by atoms with E-state index >= 15 is 0 Å². The first-order valence-corrected chi connectivity index (χ1v) is 11.5. The molecule has 2 heterocycles. The van der Waals surface area contributed by atoms with Gasteiger partial charge in [0.15, 0.2) is 11.3 Å². The van der Waals surface area contributed by atoms with Gasteiger partial charge in [-0.25, -0.2) is 4.98 Å². The van der Waals surface area contributed by atoms with Crippen LogP contribution in [0.5, 0.6) is 0 Å². The highest BCUT2D eigenvalue weighted by Crippen LogP contribution is 2.33. The highest BCUT2D eigenvalue weighted by Gasteiger charge is 2.17. The smallest absolute Gasteiger partial charge is 0.291 e. The summed E-state index contributed by atoms with van der Waals surface area (Å²) in [6.45, 7) is 3.99. The van der Waals surface area contributed by atoms with E-state index in [1.54, 1.807) is 48.5 Å². The Hall–Kier alpha value is -3.25. The lowest BCUT2D eigenvalue weighted by molar-refractivity contribution is 0.0997. The van der Waals surface area contributed by atoms with Crippen LogP contribution < -0.4 is 5.32 Å². The number of rotatable bonds is 4. The molecule has 5 nitrogen and oxygen atoms in total. The van der Waals surface area contributed by atoms with Gasteiger partial charge in [-0.3, -0.25) is 4.79 Å². The van der Waals surface area contributed by atoms with Crippen molar-refractivity contribution in [1.29, 1.82) is 0 Å². The number of halogens is 3. The van der Waals surface area contributed by atoms with Gasteiger partial charge in [-0.05, 0) is 79.6 Å². The summed E-state index contributed by atoms with van der Waals surface area (Å²) in [6.07, 6.45) is 0. The van der Waals surface area contributed by atoms with Gasteiger partial charge in [-0.2, -0.15) is 0 Å². The van der Waals surface area contributed by atoms with Crippen molar-refractivity contribution in [3.63, 3.8) is 0 Å². The minimum absolute atomic E-state index is 0.121. The number of fused-ring (bicyclic) bond motifs is 1. The first-order chi connectivity index (χ1) is 16.3. The number of nitrogens with zero attached hydrogens (tertiary/aromatic N) is 1. The van der Waals surface area contributed by atoms with E-state index < -0.39 is 5.91 Å². The Bertz CT molecular complexity index is 1570. The van der Waals surface area contributed by atoms with Crippen molar-refractivity contribution < 1.29 is 13.6 Å². The van der Waals surface area contributed by atoms with Crippen LogP contribution in [0.25, 0.3) is 33.9 Å². The molecular weight excluding hydrogens is 495 g/mol. The average molecular weight is 512 g/mol. The monoisotopic (exact) mass is 510 g/mol. The third kappa shape index (κ3) is 4.30. The zero-order valence-electron chi connectivity index (χ0n) is 18.1. The average Bonchev–Trinajstić information content (AvgIpc) is 3.45. The molecule has 0 unspecified atom stereocenters. The molecule has 0 saturated heterocycles. The van der Waals surface area contributed by atoms with Crippen LogP contribution in [0.4, 0.5) is 5.69 Å². The van der Waals surface area contributed by atoms with Crippen LogP contribution >= 0.6 is 34.8 Å². The lowest BCUT2D eigenvalue weighted by atomic mass is 10.1. The van der Waals surface area contributed by atoms with Crippen LogP contribution in [0.15, 0.2) is 69.5 Å². The molecule has 0 aliphatic carbocycles. The van der Waals surface area contributed by atoms with Crippen molar-refractivity contribution in [2.45, 2.75) is 13.8 Å². The van der Waals surface area contributed by atoms with Gasteiger partial charge >= 0.3 is 0 Å². The maximum atomic E-state index is 12.9. The molecular formula is C26H17Cl3N2O3. The second kappa shape index (κ2) is 8.84. The molecule has 5 rings (SSSR count). The topological polar surface area (TPSA) is 68.3 Å². The highest BCUT2D eigenvalue weighted by atomic mass is 35.5. The molecule has 8 heteroatoms. The van der Waals surface area contributed by atoms with Crippen LogP contribution in [0, 0.1) is 13.8 Å². The van der Waals surface area contributed by atoms with Crippen molar-refractivity contribution in [3.8, 4) is 22.8 Å². The Morgan fingerprint density at radius 3 is 2.38 bits per heavy atom. The van der Waals surface area contributed by atoms with Crippen molar-refractivity contribution in [1.82, 2.24) is 4.98 Å². The van der Waals surface area contributed by atoms with Gasteiger partial charge in [0.2, 0.25) is 5.89 Å². The number of benzene rings is 3. The third-order valence-corrected chi connectivity index (χ3v) is 6.38. The molecule has 0 aliphatic heterocycles. The number of anilines is 1. The standard InChI is InChI=1S/C26H17Cl3N2O3/c1-13-9-14(2)24-21(10-13)31-26(34-24)16-4-6-18(28)20(12-16)30-25(32)23-8-7-22(33-23)15-3-5-17(27)19(29)11-15/h3-12H,1-2H3,(H,30,32). The Morgan fingerprint density at radius 1 is 0.824 bits per heavy atom. The van der Waals surface area contributed by atoms with Crippen LogP contribution in [0.3, 0.4) is 0 Å². The summed E-state index contributed by atoms with van der Waals surface area (Å²) in [5.41, 5.74) is 5.41. The Labute approximate surface area is 210 Å². The minimum Gasteiger partial charge on any atom is -0.451 e. The van der Waals surface area contributed by atoms with Gasteiger partial charge in [0.05, 0.1) is 20.8 Å². The number of nitrogens with one attached hydrogen (secondary N) is 1. The number of hydrogen-bond donors (Lipinski definition) is 1. The summed E-state index contributed by atoms with van der Waals surface area (Å²) < 4.78 is 11.7. The zero-order chi connectivity index (χ0) is 24.0. The number of carbonyl (C=O) groups excluding carboxylic acids is 1. The van der Waals surface area contributed by atoms with Crippen molar-refractivity contribution in [2.24, 2.45) is 0 Å². The number of aromatic nitrogens is 1. The normalized spacial score (nSPS) is 11.2. The van der Waals surface area contributed by atoms with Gasteiger partial charge in [0, 0.05) is 11.1 Å². The number of oxazole rings is 1. The largest absolute Gasteiger partial charge is 0.451 e. The molecule has 1 amide bonds. The summed E-state index contributed by atoms with van der Waals surface area (Å²) in [5.74, 6) is 0.598. The maximum absolute atomic E-state index is 12.9. The summed E-state index contributed by atoms with van der Waals surface area (Å²) in [7, 11) is 0. The fourth-order valence-electron chi connectivity index (χ4n) is 3.70. The van der Waals surface area contributed by atoms with Crippen LogP contribution in [-0.4, -0.2) is 10.9 Å². The van der Waals surface area contributed by atoms with Gasteiger partial charge in [0.1, 0.15) is 11.3 Å². The Kier molecular flexibility index (Phi) is 5.86. The Balaban J connectivity index is 1.41. The second-order valence-corrected chi connectivity index (χ2v) is 9.11. The second-order valence-electron chi connectivity index (χ2n) is 7.89.